The Kier molecular flexibility index (Phi) is 5.93. The van der Waals surface area contributed by atoms with Gasteiger partial charge >= 0.3 is 0 Å². The van der Waals surface area contributed by atoms with Crippen LogP contribution in [0.1, 0.15) is 28.6 Å². The quantitative estimate of drug-likeness (QED) is 0.551. The number of halogens is 2. The van der Waals surface area contributed by atoms with E-state index in [1.807, 2.05) is 11.4 Å². The molecule has 0 spiro atoms. The second kappa shape index (κ2) is 7.48. The second-order valence-corrected chi connectivity index (χ2v) is 7.00. The van der Waals surface area contributed by atoms with Crippen molar-refractivity contribution < 1.29 is 9.47 Å². The van der Waals surface area contributed by atoms with E-state index in [1.54, 1.807) is 18.4 Å². The molecule has 1 atom stereocenters. The molecule has 0 bridgehead atoms. The normalized spacial score (nSPS) is 12.2. The van der Waals surface area contributed by atoms with Gasteiger partial charge < -0.3 is 9.47 Å². The van der Waals surface area contributed by atoms with E-state index in [1.165, 1.54) is 10.4 Å². The Morgan fingerprint density at radius 3 is 2.70 bits per heavy atom. The summed E-state index contributed by atoms with van der Waals surface area (Å²) in [4.78, 5) is 1.38. The highest BCUT2D eigenvalue weighted by atomic mass is 79.9. The molecule has 1 aromatic heterocycles. The standard InChI is InChI=1S/C15H16Br2O2S/c1-3-6-19-13-5-4-10(7-12(13)16)15(17)14-8-11(18-2)9-20-14/h4-5,7-9,15H,3,6H2,1-2H3. The van der Waals surface area contributed by atoms with Gasteiger partial charge in [0.15, 0.2) is 0 Å². The van der Waals surface area contributed by atoms with E-state index in [-0.39, 0.29) is 4.83 Å². The molecule has 5 heteroatoms. The molecule has 2 aromatic rings. The van der Waals surface area contributed by atoms with Crippen LogP contribution in [0.15, 0.2) is 34.1 Å². The zero-order valence-corrected chi connectivity index (χ0v) is 15.3. The maximum atomic E-state index is 5.67. The Bertz CT molecular complexity index is 569. The molecule has 0 aliphatic rings. The number of hydrogen-bond donors (Lipinski definition) is 0. The maximum absolute atomic E-state index is 5.67. The van der Waals surface area contributed by atoms with Crippen LogP contribution in [0.3, 0.4) is 0 Å². The van der Waals surface area contributed by atoms with Crippen molar-refractivity contribution in [3.05, 3.63) is 44.6 Å². The van der Waals surface area contributed by atoms with E-state index in [0.717, 1.165) is 29.0 Å². The minimum absolute atomic E-state index is 0.160. The summed E-state index contributed by atoms with van der Waals surface area (Å²) in [5, 5.41) is 2.01. The zero-order valence-electron chi connectivity index (χ0n) is 11.4. The molecular weight excluding hydrogens is 404 g/mol. The SMILES string of the molecule is CCCOc1ccc(C(Br)c2cc(OC)cs2)cc1Br. The predicted molar refractivity (Wildman–Crippen MR) is 91.6 cm³/mol. The van der Waals surface area contributed by atoms with Crippen molar-refractivity contribution in [2.45, 2.75) is 18.2 Å². The minimum atomic E-state index is 0.160. The number of hydrogen-bond acceptors (Lipinski definition) is 3. The smallest absolute Gasteiger partial charge is 0.133 e. The van der Waals surface area contributed by atoms with Crippen molar-refractivity contribution in [3.63, 3.8) is 0 Å². The third kappa shape index (κ3) is 3.77. The summed E-state index contributed by atoms with van der Waals surface area (Å²) in [6, 6.07) is 8.24. The summed E-state index contributed by atoms with van der Waals surface area (Å²) in [6.45, 7) is 2.83. The average Bonchev–Trinajstić information content (AvgIpc) is 2.94. The Balaban J connectivity index is 2.17. The molecule has 0 amide bonds. The third-order valence-corrected chi connectivity index (χ3v) is 5.71. The van der Waals surface area contributed by atoms with Crippen molar-refractivity contribution in [3.8, 4) is 11.5 Å². The van der Waals surface area contributed by atoms with Crippen LogP contribution in [0.4, 0.5) is 0 Å². The topological polar surface area (TPSA) is 18.5 Å². The molecule has 0 aliphatic heterocycles. The lowest BCUT2D eigenvalue weighted by Gasteiger charge is -2.12. The first-order chi connectivity index (χ1) is 9.65. The van der Waals surface area contributed by atoms with Crippen LogP contribution in [0.5, 0.6) is 11.5 Å². The molecule has 20 heavy (non-hydrogen) atoms. The number of benzene rings is 1. The summed E-state index contributed by atoms with van der Waals surface area (Å²) in [5.41, 5.74) is 1.19. The van der Waals surface area contributed by atoms with Gasteiger partial charge in [0, 0.05) is 10.3 Å². The van der Waals surface area contributed by atoms with Gasteiger partial charge in [0.2, 0.25) is 0 Å². The fourth-order valence-corrected chi connectivity index (χ4v) is 3.85. The summed E-state index contributed by atoms with van der Waals surface area (Å²) in [6.07, 6.45) is 1.00. The monoisotopic (exact) mass is 418 g/mol. The minimum Gasteiger partial charge on any atom is -0.496 e. The molecular formula is C15H16Br2O2S. The molecule has 0 N–H and O–H groups in total. The van der Waals surface area contributed by atoms with Crippen LogP contribution in [0.2, 0.25) is 0 Å². The van der Waals surface area contributed by atoms with Crippen molar-refractivity contribution in [2.75, 3.05) is 13.7 Å². The first kappa shape index (κ1) is 15.9. The summed E-state index contributed by atoms with van der Waals surface area (Å²) >= 11 is 8.99. The molecule has 0 fully saturated rings. The van der Waals surface area contributed by atoms with Gasteiger partial charge in [-0.05, 0) is 46.1 Å². The third-order valence-electron chi connectivity index (χ3n) is 2.79. The number of thiophene rings is 1. The number of methoxy groups -OCH3 is 1. The van der Waals surface area contributed by atoms with Crippen LogP contribution in [-0.2, 0) is 0 Å². The van der Waals surface area contributed by atoms with E-state index in [9.17, 15) is 0 Å². The number of rotatable bonds is 6. The van der Waals surface area contributed by atoms with E-state index >= 15 is 0 Å². The largest absolute Gasteiger partial charge is 0.496 e. The lowest BCUT2D eigenvalue weighted by molar-refractivity contribution is 0.315. The lowest BCUT2D eigenvalue weighted by atomic mass is 10.1. The second-order valence-electron chi connectivity index (χ2n) is 4.29. The Hall–Kier alpha value is -0.520. The van der Waals surface area contributed by atoms with E-state index in [0.29, 0.717) is 0 Å². The Labute approximate surface area is 140 Å². The molecule has 0 aliphatic carbocycles. The number of ether oxygens (including phenoxy) is 2. The molecule has 2 nitrogen and oxygen atoms in total. The first-order valence-corrected chi connectivity index (χ1v) is 8.93. The van der Waals surface area contributed by atoms with Crippen LogP contribution in [0, 0.1) is 0 Å². The summed E-state index contributed by atoms with van der Waals surface area (Å²) in [5.74, 6) is 1.79. The summed E-state index contributed by atoms with van der Waals surface area (Å²) < 4.78 is 11.9. The molecule has 1 heterocycles. The average molecular weight is 420 g/mol. The van der Waals surface area contributed by atoms with Crippen molar-refractivity contribution >= 4 is 43.2 Å². The Morgan fingerprint density at radius 2 is 2.10 bits per heavy atom. The highest BCUT2D eigenvalue weighted by molar-refractivity contribution is 9.10. The molecule has 0 saturated heterocycles. The van der Waals surface area contributed by atoms with Crippen LogP contribution >= 0.6 is 43.2 Å². The van der Waals surface area contributed by atoms with Gasteiger partial charge in [-0.25, -0.2) is 0 Å². The van der Waals surface area contributed by atoms with Crippen LogP contribution in [-0.4, -0.2) is 13.7 Å². The highest BCUT2D eigenvalue weighted by Gasteiger charge is 2.15. The van der Waals surface area contributed by atoms with Gasteiger partial charge in [-0.3, -0.25) is 0 Å². The lowest BCUT2D eigenvalue weighted by Crippen LogP contribution is -1.97. The van der Waals surface area contributed by atoms with E-state index < -0.39 is 0 Å². The molecule has 1 unspecified atom stereocenters. The predicted octanol–water partition coefficient (Wildman–Crippen LogP) is 5.79. The van der Waals surface area contributed by atoms with Crippen molar-refractivity contribution in [2.24, 2.45) is 0 Å². The van der Waals surface area contributed by atoms with Crippen molar-refractivity contribution in [1.82, 2.24) is 0 Å². The first-order valence-electron chi connectivity index (χ1n) is 6.34. The van der Waals surface area contributed by atoms with Gasteiger partial charge in [-0.15, -0.1) is 11.3 Å². The van der Waals surface area contributed by atoms with Crippen LogP contribution in [0.25, 0.3) is 0 Å². The van der Waals surface area contributed by atoms with Gasteiger partial charge in [-0.2, -0.15) is 0 Å². The van der Waals surface area contributed by atoms with Gasteiger partial charge in [0.1, 0.15) is 11.5 Å². The fraction of sp³-hybridized carbons (Fsp3) is 0.333. The van der Waals surface area contributed by atoms with Crippen molar-refractivity contribution in [1.29, 1.82) is 0 Å². The molecule has 2 rings (SSSR count). The summed E-state index contributed by atoms with van der Waals surface area (Å²) in [7, 11) is 1.69. The maximum Gasteiger partial charge on any atom is 0.133 e. The van der Waals surface area contributed by atoms with Gasteiger partial charge in [0.25, 0.3) is 0 Å². The Morgan fingerprint density at radius 1 is 1.30 bits per heavy atom. The molecule has 0 radical (unpaired) electrons. The molecule has 108 valence electrons. The van der Waals surface area contributed by atoms with Gasteiger partial charge in [-0.1, -0.05) is 28.9 Å². The van der Waals surface area contributed by atoms with E-state index in [4.69, 9.17) is 9.47 Å². The van der Waals surface area contributed by atoms with Gasteiger partial charge in [0.05, 0.1) is 23.0 Å². The zero-order chi connectivity index (χ0) is 14.5. The number of alkyl halides is 1. The molecule has 1 aromatic carbocycles. The van der Waals surface area contributed by atoms with E-state index in [2.05, 4.69) is 57.0 Å². The fourth-order valence-electron chi connectivity index (χ4n) is 1.74. The van der Waals surface area contributed by atoms with Crippen LogP contribution < -0.4 is 9.47 Å². The highest BCUT2D eigenvalue weighted by Crippen LogP contribution is 2.39. The molecule has 0 saturated carbocycles.